The number of ketones is 1. The number of rotatable bonds is 11. The molecule has 0 heterocycles. The van der Waals surface area contributed by atoms with Crippen molar-refractivity contribution in [3.8, 4) is 5.75 Å². The standard InChI is InChI=1S/C23H23Cl2F3N2O4/c1-13(2)23(28,20(32)21(26)27)30-22(33)18(10-14-6-4-3-5-7-14)29-19(31)12-34-15-8-9-16(24)17(25)11-15/h3-9,11,13,18,21H,10,12H2,1-2H3,(H,29,31)(H,30,33)/t18-,23+/m0/s1. The maximum atomic E-state index is 15.2. The smallest absolute Gasteiger partial charge is 0.301 e. The van der Waals surface area contributed by atoms with Crippen molar-refractivity contribution in [1.29, 1.82) is 0 Å². The molecule has 0 fully saturated rings. The fraction of sp³-hybridized carbons (Fsp3) is 0.348. The van der Waals surface area contributed by atoms with Gasteiger partial charge in [-0.05, 0) is 17.7 Å². The van der Waals surface area contributed by atoms with Crippen LogP contribution in [0.5, 0.6) is 5.75 Å². The van der Waals surface area contributed by atoms with Gasteiger partial charge in [0.05, 0.1) is 10.0 Å². The molecule has 2 atom stereocenters. The minimum Gasteiger partial charge on any atom is -0.484 e. The van der Waals surface area contributed by atoms with Crippen molar-refractivity contribution in [2.45, 2.75) is 38.5 Å². The predicted octanol–water partition coefficient (Wildman–Crippen LogP) is 4.37. The average molecular weight is 519 g/mol. The van der Waals surface area contributed by atoms with E-state index in [0.29, 0.717) is 5.56 Å². The minimum atomic E-state index is -3.63. The Morgan fingerprint density at radius 2 is 1.68 bits per heavy atom. The van der Waals surface area contributed by atoms with Crippen molar-refractivity contribution in [3.05, 3.63) is 64.1 Å². The molecule has 34 heavy (non-hydrogen) atoms. The highest BCUT2D eigenvalue weighted by Gasteiger charge is 2.48. The van der Waals surface area contributed by atoms with E-state index in [1.165, 1.54) is 32.0 Å². The van der Waals surface area contributed by atoms with Gasteiger partial charge >= 0.3 is 6.43 Å². The summed E-state index contributed by atoms with van der Waals surface area (Å²) in [6.07, 6.45) is -3.73. The summed E-state index contributed by atoms with van der Waals surface area (Å²) in [5.74, 6) is -8.33. The molecule has 2 aromatic rings. The Morgan fingerprint density at radius 3 is 2.24 bits per heavy atom. The molecule has 11 heteroatoms. The maximum Gasteiger partial charge on any atom is 0.301 e. The van der Waals surface area contributed by atoms with Gasteiger partial charge in [-0.15, -0.1) is 0 Å². The predicted molar refractivity (Wildman–Crippen MR) is 122 cm³/mol. The van der Waals surface area contributed by atoms with Gasteiger partial charge in [-0.25, -0.2) is 13.2 Å². The van der Waals surface area contributed by atoms with Gasteiger partial charge in [0.2, 0.25) is 11.7 Å². The first-order chi connectivity index (χ1) is 15.9. The number of halogens is 5. The zero-order valence-corrected chi connectivity index (χ0v) is 19.8. The van der Waals surface area contributed by atoms with Crippen LogP contribution < -0.4 is 15.4 Å². The third kappa shape index (κ3) is 7.36. The number of carbonyl (C=O) groups is 3. The Bertz CT molecular complexity index is 1020. The molecular formula is C23H23Cl2F3N2O4. The molecule has 2 amide bonds. The molecule has 0 saturated carbocycles. The molecule has 0 spiro atoms. The number of benzene rings is 2. The molecule has 0 aromatic heterocycles. The van der Waals surface area contributed by atoms with E-state index >= 15 is 4.39 Å². The van der Waals surface area contributed by atoms with Gasteiger partial charge in [0.25, 0.3) is 11.7 Å². The summed E-state index contributed by atoms with van der Waals surface area (Å²) in [5, 5.41) is 4.65. The normalized spacial score (nSPS) is 13.8. The number of nitrogens with one attached hydrogen (secondary N) is 2. The number of hydrogen-bond donors (Lipinski definition) is 2. The number of ether oxygens (including phenoxy) is 1. The van der Waals surface area contributed by atoms with Gasteiger partial charge in [-0.3, -0.25) is 14.4 Å². The van der Waals surface area contributed by atoms with E-state index in [1.807, 2.05) is 0 Å². The van der Waals surface area contributed by atoms with Crippen LogP contribution in [0.25, 0.3) is 0 Å². The van der Waals surface area contributed by atoms with Crippen molar-refractivity contribution in [3.63, 3.8) is 0 Å². The summed E-state index contributed by atoms with van der Waals surface area (Å²) in [4.78, 5) is 37.1. The SMILES string of the molecule is CC(C)[C@@](F)(NC(=O)[C@H](Cc1ccccc1)NC(=O)COc1ccc(Cl)c(Cl)c1)C(=O)C(F)F. The number of Topliss-reactive ketones (excluding diaryl/α,β-unsaturated/α-hetero) is 1. The highest BCUT2D eigenvalue weighted by atomic mass is 35.5. The molecule has 184 valence electrons. The summed E-state index contributed by atoms with van der Waals surface area (Å²) in [5.41, 5.74) is 0.600. The molecule has 2 N–H and O–H groups in total. The quantitative estimate of drug-likeness (QED) is 0.432. The second-order valence-electron chi connectivity index (χ2n) is 7.70. The highest BCUT2D eigenvalue weighted by Crippen LogP contribution is 2.26. The van der Waals surface area contributed by atoms with Crippen molar-refractivity contribution in [2.75, 3.05) is 6.61 Å². The summed E-state index contributed by atoms with van der Waals surface area (Å²) in [7, 11) is 0. The molecule has 0 saturated heterocycles. The van der Waals surface area contributed by atoms with Crippen LogP contribution in [-0.4, -0.2) is 42.5 Å². The molecule has 0 radical (unpaired) electrons. The van der Waals surface area contributed by atoms with Gasteiger partial charge in [0, 0.05) is 18.4 Å². The zero-order valence-electron chi connectivity index (χ0n) is 18.3. The molecular weight excluding hydrogens is 496 g/mol. The lowest BCUT2D eigenvalue weighted by atomic mass is 9.95. The van der Waals surface area contributed by atoms with Gasteiger partial charge in [-0.2, -0.15) is 0 Å². The molecule has 2 aromatic carbocycles. The van der Waals surface area contributed by atoms with Crippen LogP contribution in [0.3, 0.4) is 0 Å². The Balaban J connectivity index is 2.17. The molecule has 2 rings (SSSR count). The maximum absolute atomic E-state index is 15.2. The lowest BCUT2D eigenvalue weighted by molar-refractivity contribution is -0.152. The molecule has 6 nitrogen and oxygen atoms in total. The average Bonchev–Trinajstić information content (AvgIpc) is 2.79. The Kier molecular flexibility index (Phi) is 9.76. The summed E-state index contributed by atoms with van der Waals surface area (Å²) < 4.78 is 46.4. The van der Waals surface area contributed by atoms with Crippen LogP contribution >= 0.6 is 23.2 Å². The first kappa shape index (κ1) is 27.5. The number of alkyl halides is 3. The fourth-order valence-electron chi connectivity index (χ4n) is 2.93. The molecule has 0 aliphatic heterocycles. The van der Waals surface area contributed by atoms with Crippen molar-refractivity contribution >= 4 is 40.8 Å². The molecule has 0 bridgehead atoms. The van der Waals surface area contributed by atoms with E-state index in [2.05, 4.69) is 5.32 Å². The van der Waals surface area contributed by atoms with E-state index in [0.717, 1.165) is 0 Å². The zero-order chi connectivity index (χ0) is 25.5. The van der Waals surface area contributed by atoms with Gasteiger partial charge in [-0.1, -0.05) is 67.4 Å². The third-order valence-corrected chi connectivity index (χ3v) is 5.59. The molecule has 0 unspecified atom stereocenters. The van der Waals surface area contributed by atoms with Gasteiger partial charge < -0.3 is 15.4 Å². The summed E-state index contributed by atoms with van der Waals surface area (Å²) in [6.45, 7) is 1.82. The second kappa shape index (κ2) is 12.1. The van der Waals surface area contributed by atoms with Crippen LogP contribution in [0.4, 0.5) is 13.2 Å². The van der Waals surface area contributed by atoms with Crippen LogP contribution in [0, 0.1) is 5.92 Å². The van der Waals surface area contributed by atoms with Crippen LogP contribution in [0.1, 0.15) is 19.4 Å². The van der Waals surface area contributed by atoms with E-state index in [4.69, 9.17) is 27.9 Å². The Labute approximate surface area is 204 Å². The monoisotopic (exact) mass is 518 g/mol. The van der Waals surface area contributed by atoms with Crippen molar-refractivity contribution in [1.82, 2.24) is 10.6 Å². The van der Waals surface area contributed by atoms with E-state index in [9.17, 15) is 23.2 Å². The first-order valence-corrected chi connectivity index (χ1v) is 10.9. The molecule has 0 aliphatic carbocycles. The first-order valence-electron chi connectivity index (χ1n) is 10.2. The lowest BCUT2D eigenvalue weighted by Gasteiger charge is -2.30. The number of hydrogen-bond acceptors (Lipinski definition) is 4. The second-order valence-corrected chi connectivity index (χ2v) is 8.51. The van der Waals surface area contributed by atoms with E-state index in [1.54, 1.807) is 35.6 Å². The molecule has 0 aliphatic rings. The lowest BCUT2D eigenvalue weighted by Crippen LogP contribution is -2.61. The van der Waals surface area contributed by atoms with Crippen molar-refractivity contribution in [2.24, 2.45) is 5.92 Å². The van der Waals surface area contributed by atoms with Gasteiger partial charge in [0.1, 0.15) is 11.8 Å². The van der Waals surface area contributed by atoms with Gasteiger partial charge in [0.15, 0.2) is 6.61 Å². The Morgan fingerprint density at radius 1 is 1.03 bits per heavy atom. The van der Waals surface area contributed by atoms with Crippen LogP contribution in [0.15, 0.2) is 48.5 Å². The van der Waals surface area contributed by atoms with E-state index in [-0.39, 0.29) is 22.2 Å². The highest BCUT2D eigenvalue weighted by molar-refractivity contribution is 6.42. The minimum absolute atomic E-state index is 0.0950. The Hall–Kier alpha value is -2.78. The van der Waals surface area contributed by atoms with E-state index < -0.39 is 48.4 Å². The third-order valence-electron chi connectivity index (χ3n) is 4.85. The fourth-order valence-corrected chi connectivity index (χ4v) is 3.21. The topological polar surface area (TPSA) is 84.5 Å². The largest absolute Gasteiger partial charge is 0.484 e. The van der Waals surface area contributed by atoms with Crippen molar-refractivity contribution < 1.29 is 32.3 Å². The summed E-state index contributed by atoms with van der Waals surface area (Å²) >= 11 is 11.7. The number of carbonyl (C=O) groups excluding carboxylic acids is 3. The number of amides is 2. The van der Waals surface area contributed by atoms with Crippen LogP contribution in [0.2, 0.25) is 10.0 Å². The summed E-state index contributed by atoms with van der Waals surface area (Å²) in [6, 6.07) is 11.4. The van der Waals surface area contributed by atoms with Crippen LogP contribution in [-0.2, 0) is 20.8 Å².